The van der Waals surface area contributed by atoms with Gasteiger partial charge in [0.25, 0.3) is 11.6 Å². The second-order valence-corrected chi connectivity index (χ2v) is 6.71. The number of nitro benzene ring substituents is 1. The van der Waals surface area contributed by atoms with Crippen molar-refractivity contribution in [1.29, 1.82) is 0 Å². The summed E-state index contributed by atoms with van der Waals surface area (Å²) in [5, 5.41) is 22.9. The van der Waals surface area contributed by atoms with Gasteiger partial charge in [0.15, 0.2) is 0 Å². The number of hydrogen-bond donors (Lipinski definition) is 1. The van der Waals surface area contributed by atoms with Gasteiger partial charge in [-0.25, -0.2) is 0 Å². The van der Waals surface area contributed by atoms with Crippen molar-refractivity contribution >= 4 is 28.1 Å². The van der Waals surface area contributed by atoms with E-state index in [9.17, 15) is 14.9 Å². The minimum absolute atomic E-state index is 0.0848. The van der Waals surface area contributed by atoms with Crippen LogP contribution in [0.15, 0.2) is 48.5 Å². The van der Waals surface area contributed by atoms with Crippen molar-refractivity contribution < 1.29 is 9.72 Å². The highest BCUT2D eigenvalue weighted by atomic mass is 32.1. The summed E-state index contributed by atoms with van der Waals surface area (Å²) >= 11 is 1.30. The molecule has 26 heavy (non-hydrogen) atoms. The van der Waals surface area contributed by atoms with E-state index in [1.54, 1.807) is 13.0 Å². The lowest BCUT2D eigenvalue weighted by atomic mass is 10.1. The van der Waals surface area contributed by atoms with Gasteiger partial charge in [-0.05, 0) is 25.0 Å². The highest BCUT2D eigenvalue weighted by molar-refractivity contribution is 7.15. The summed E-state index contributed by atoms with van der Waals surface area (Å²) in [4.78, 5) is 22.9. The molecular weight excluding hydrogens is 352 g/mol. The first-order valence-electron chi connectivity index (χ1n) is 7.96. The standard InChI is InChI=1S/C18H16N4O3S/c1-12-14(8-5-9-15(12)22(24)25)17(23)19-18-21-20-16(26-18)11-10-13-6-3-2-4-7-13/h2-9H,10-11H2,1H3,(H,19,21,23). The number of anilines is 1. The molecule has 0 bridgehead atoms. The number of nitro groups is 1. The average molecular weight is 368 g/mol. The number of rotatable bonds is 6. The Morgan fingerprint density at radius 3 is 2.62 bits per heavy atom. The number of carbonyl (C=O) groups is 1. The van der Waals surface area contributed by atoms with Crippen LogP contribution in [0.5, 0.6) is 0 Å². The third kappa shape index (κ3) is 4.09. The Kier molecular flexibility index (Phi) is 5.33. The van der Waals surface area contributed by atoms with Crippen LogP contribution in [0.3, 0.4) is 0 Å². The van der Waals surface area contributed by atoms with E-state index < -0.39 is 10.8 Å². The summed E-state index contributed by atoms with van der Waals surface area (Å²) in [6.07, 6.45) is 1.57. The van der Waals surface area contributed by atoms with Gasteiger partial charge >= 0.3 is 0 Å². The smallest absolute Gasteiger partial charge is 0.273 e. The van der Waals surface area contributed by atoms with Crippen molar-refractivity contribution in [2.45, 2.75) is 19.8 Å². The molecule has 1 heterocycles. The van der Waals surface area contributed by atoms with E-state index in [4.69, 9.17) is 0 Å². The van der Waals surface area contributed by atoms with E-state index in [-0.39, 0.29) is 11.3 Å². The molecule has 0 spiro atoms. The highest BCUT2D eigenvalue weighted by Crippen LogP contribution is 2.23. The molecule has 0 fully saturated rings. The molecule has 8 heteroatoms. The monoisotopic (exact) mass is 368 g/mol. The summed E-state index contributed by atoms with van der Waals surface area (Å²) in [6, 6.07) is 14.5. The highest BCUT2D eigenvalue weighted by Gasteiger charge is 2.19. The number of nitrogens with zero attached hydrogens (tertiary/aromatic N) is 3. The second-order valence-electron chi connectivity index (χ2n) is 5.65. The van der Waals surface area contributed by atoms with Crippen LogP contribution in [-0.2, 0) is 12.8 Å². The number of amides is 1. The van der Waals surface area contributed by atoms with Crippen LogP contribution in [0.4, 0.5) is 10.8 Å². The minimum atomic E-state index is -0.501. The van der Waals surface area contributed by atoms with Crippen molar-refractivity contribution in [1.82, 2.24) is 10.2 Å². The Morgan fingerprint density at radius 2 is 1.88 bits per heavy atom. The van der Waals surface area contributed by atoms with Crippen molar-refractivity contribution in [2.75, 3.05) is 5.32 Å². The second kappa shape index (κ2) is 7.83. The number of aryl methyl sites for hydroxylation is 2. The quantitative estimate of drug-likeness (QED) is 0.527. The predicted molar refractivity (Wildman–Crippen MR) is 99.5 cm³/mol. The Balaban J connectivity index is 1.66. The van der Waals surface area contributed by atoms with Crippen LogP contribution in [-0.4, -0.2) is 21.0 Å². The van der Waals surface area contributed by atoms with E-state index >= 15 is 0 Å². The molecule has 0 aliphatic carbocycles. The van der Waals surface area contributed by atoms with Crippen molar-refractivity contribution in [3.63, 3.8) is 0 Å². The lowest BCUT2D eigenvalue weighted by Gasteiger charge is -2.05. The minimum Gasteiger partial charge on any atom is -0.296 e. The molecule has 0 radical (unpaired) electrons. The maximum atomic E-state index is 12.4. The molecular formula is C18H16N4O3S. The summed E-state index contributed by atoms with van der Waals surface area (Å²) in [5.41, 5.74) is 1.70. The van der Waals surface area contributed by atoms with Crippen molar-refractivity contribution in [3.05, 3.63) is 80.3 Å². The molecule has 3 rings (SSSR count). The van der Waals surface area contributed by atoms with Crippen molar-refractivity contribution in [3.8, 4) is 0 Å². The topological polar surface area (TPSA) is 98.0 Å². The van der Waals surface area contributed by atoms with Gasteiger partial charge in [-0.15, -0.1) is 10.2 Å². The van der Waals surface area contributed by atoms with Gasteiger partial charge in [0.1, 0.15) is 5.01 Å². The molecule has 0 saturated carbocycles. The molecule has 0 aliphatic rings. The van der Waals surface area contributed by atoms with E-state index in [2.05, 4.69) is 27.6 Å². The number of aromatic nitrogens is 2. The maximum Gasteiger partial charge on any atom is 0.273 e. The third-order valence-electron chi connectivity index (χ3n) is 3.90. The van der Waals surface area contributed by atoms with Gasteiger partial charge in [0.05, 0.1) is 4.92 Å². The van der Waals surface area contributed by atoms with E-state index in [1.165, 1.54) is 29.0 Å². The van der Waals surface area contributed by atoms with Gasteiger partial charge in [-0.1, -0.05) is 47.7 Å². The van der Waals surface area contributed by atoms with E-state index in [0.717, 1.165) is 17.8 Å². The van der Waals surface area contributed by atoms with Gasteiger partial charge in [0.2, 0.25) is 5.13 Å². The largest absolute Gasteiger partial charge is 0.296 e. The molecule has 3 aromatic rings. The van der Waals surface area contributed by atoms with Crippen LogP contribution in [0.25, 0.3) is 0 Å². The van der Waals surface area contributed by atoms with Crippen LogP contribution in [0.2, 0.25) is 0 Å². The SMILES string of the molecule is Cc1c(C(=O)Nc2nnc(CCc3ccccc3)s2)cccc1[N+](=O)[O-]. The molecule has 0 saturated heterocycles. The predicted octanol–water partition coefficient (Wildman–Crippen LogP) is 3.79. The van der Waals surface area contributed by atoms with E-state index in [0.29, 0.717) is 10.7 Å². The van der Waals surface area contributed by atoms with Crippen LogP contribution in [0.1, 0.15) is 26.5 Å². The molecule has 0 unspecified atom stereocenters. The fraction of sp³-hybridized carbons (Fsp3) is 0.167. The zero-order chi connectivity index (χ0) is 18.5. The molecule has 0 atom stereocenters. The lowest BCUT2D eigenvalue weighted by molar-refractivity contribution is -0.385. The van der Waals surface area contributed by atoms with Crippen LogP contribution < -0.4 is 5.32 Å². The maximum absolute atomic E-state index is 12.4. The van der Waals surface area contributed by atoms with Gasteiger partial charge in [0, 0.05) is 23.6 Å². The van der Waals surface area contributed by atoms with Crippen LogP contribution >= 0.6 is 11.3 Å². The first kappa shape index (κ1) is 17.7. The number of nitrogens with one attached hydrogen (secondary N) is 1. The summed E-state index contributed by atoms with van der Waals surface area (Å²) in [6.45, 7) is 1.55. The molecule has 0 aliphatic heterocycles. The molecule has 2 aromatic carbocycles. The van der Waals surface area contributed by atoms with Gasteiger partial charge in [-0.2, -0.15) is 0 Å². The Hall–Kier alpha value is -3.13. The molecule has 132 valence electrons. The molecule has 1 aromatic heterocycles. The number of carbonyl (C=O) groups excluding carboxylic acids is 1. The fourth-order valence-corrected chi connectivity index (χ4v) is 3.27. The molecule has 1 amide bonds. The lowest BCUT2D eigenvalue weighted by Crippen LogP contribution is -2.14. The summed E-state index contributed by atoms with van der Waals surface area (Å²) < 4.78 is 0. The van der Waals surface area contributed by atoms with Crippen molar-refractivity contribution in [2.24, 2.45) is 0 Å². The average Bonchev–Trinajstić information content (AvgIpc) is 3.08. The van der Waals surface area contributed by atoms with Crippen LogP contribution in [0, 0.1) is 17.0 Å². The van der Waals surface area contributed by atoms with E-state index in [1.807, 2.05) is 18.2 Å². The zero-order valence-corrected chi connectivity index (χ0v) is 14.8. The Bertz CT molecular complexity index is 941. The zero-order valence-electron chi connectivity index (χ0n) is 14.0. The first-order chi connectivity index (χ1) is 12.5. The Morgan fingerprint density at radius 1 is 1.12 bits per heavy atom. The number of benzene rings is 2. The normalized spacial score (nSPS) is 10.5. The molecule has 7 nitrogen and oxygen atoms in total. The Labute approximate surface area is 153 Å². The summed E-state index contributed by atoms with van der Waals surface area (Å²) in [5.74, 6) is -0.433. The third-order valence-corrected chi connectivity index (χ3v) is 4.80. The summed E-state index contributed by atoms with van der Waals surface area (Å²) in [7, 11) is 0. The van der Waals surface area contributed by atoms with Gasteiger partial charge in [-0.3, -0.25) is 20.2 Å². The van der Waals surface area contributed by atoms with Gasteiger partial charge < -0.3 is 0 Å². The fourth-order valence-electron chi connectivity index (χ4n) is 2.53. The molecule has 1 N–H and O–H groups in total. The number of hydrogen-bond acceptors (Lipinski definition) is 6. The first-order valence-corrected chi connectivity index (χ1v) is 8.78.